The third-order valence-electron chi connectivity index (χ3n) is 2.59. The molecule has 0 spiro atoms. The van der Waals surface area contributed by atoms with E-state index in [0.29, 0.717) is 6.04 Å². The minimum absolute atomic E-state index is 0.203. The number of hydrogen-bond acceptors (Lipinski definition) is 3. The molecule has 1 aromatic rings. The van der Waals surface area contributed by atoms with Crippen LogP contribution in [0.1, 0.15) is 5.56 Å². The average Bonchev–Trinajstić information content (AvgIpc) is 2.59. The largest absolute Gasteiger partial charge is 0.308 e. The normalized spacial score (nSPS) is 18.0. The molecule has 0 saturated carbocycles. The van der Waals surface area contributed by atoms with Crippen molar-refractivity contribution in [3.8, 4) is 0 Å². The maximum Gasteiger partial charge on any atom is 0.141 e. The van der Waals surface area contributed by atoms with E-state index in [0.717, 1.165) is 23.6 Å². The monoisotopic (exact) mass is 291 g/mol. The average molecular weight is 292 g/mol. The molecule has 1 aliphatic heterocycles. The molecule has 0 amide bonds. The van der Waals surface area contributed by atoms with Gasteiger partial charge in [-0.3, -0.25) is 0 Å². The second kappa shape index (κ2) is 6.88. The van der Waals surface area contributed by atoms with Gasteiger partial charge in [-0.05, 0) is 17.7 Å². The van der Waals surface area contributed by atoms with Crippen molar-refractivity contribution in [1.29, 1.82) is 0 Å². The first-order chi connectivity index (χ1) is 8.25. The van der Waals surface area contributed by atoms with Crippen LogP contribution in [0.3, 0.4) is 0 Å². The van der Waals surface area contributed by atoms with Crippen LogP contribution in [0.25, 0.3) is 0 Å². The third kappa shape index (κ3) is 4.36. The Morgan fingerprint density at radius 1 is 1.29 bits per heavy atom. The molecule has 1 saturated heterocycles. The Morgan fingerprint density at radius 3 is 2.65 bits per heavy atom. The molecule has 0 radical (unpaired) electrons. The Hall–Kier alpha value is 0.1000. The Bertz CT molecular complexity index is 368. The Balaban J connectivity index is 1.85. The molecule has 94 valence electrons. The summed E-state index contributed by atoms with van der Waals surface area (Å²) in [5.41, 5.74) is 1.04. The second-order valence-electron chi connectivity index (χ2n) is 3.98. The van der Waals surface area contributed by atoms with Crippen molar-refractivity contribution in [2.24, 2.45) is 0 Å². The van der Waals surface area contributed by atoms with Gasteiger partial charge in [-0.1, -0.05) is 17.7 Å². The van der Waals surface area contributed by atoms with Crippen LogP contribution in [-0.2, 0) is 6.54 Å². The van der Waals surface area contributed by atoms with Crippen LogP contribution in [0.4, 0.5) is 4.39 Å². The van der Waals surface area contributed by atoms with E-state index in [2.05, 4.69) is 5.32 Å². The van der Waals surface area contributed by atoms with Crippen LogP contribution >= 0.6 is 35.1 Å². The summed E-state index contributed by atoms with van der Waals surface area (Å²) in [6, 6.07) is 5.44. The van der Waals surface area contributed by atoms with E-state index < -0.39 is 0 Å². The molecule has 0 aromatic heterocycles. The summed E-state index contributed by atoms with van der Waals surface area (Å²) in [5.74, 6) is 4.44. The van der Waals surface area contributed by atoms with E-state index in [9.17, 15) is 4.39 Å². The zero-order valence-electron chi connectivity index (χ0n) is 9.42. The summed E-state index contributed by atoms with van der Waals surface area (Å²) in [4.78, 5) is 0. The maximum absolute atomic E-state index is 13.0. The fourth-order valence-corrected chi connectivity index (χ4v) is 4.32. The zero-order chi connectivity index (χ0) is 12.1. The van der Waals surface area contributed by atoms with Crippen LogP contribution in [0.2, 0.25) is 5.02 Å². The summed E-state index contributed by atoms with van der Waals surface area (Å²) < 4.78 is 13.0. The molecule has 0 atom stereocenters. The molecule has 1 N–H and O–H groups in total. The number of benzene rings is 1. The van der Waals surface area contributed by atoms with E-state index in [4.69, 9.17) is 11.6 Å². The summed E-state index contributed by atoms with van der Waals surface area (Å²) in [6.07, 6.45) is 0. The minimum atomic E-state index is -0.351. The SMILES string of the molecule is Fc1ccc(CNC2CSCCSC2)cc1Cl. The molecule has 1 fully saturated rings. The molecular weight excluding hydrogens is 277 g/mol. The van der Waals surface area contributed by atoms with Gasteiger partial charge in [-0.2, -0.15) is 23.5 Å². The van der Waals surface area contributed by atoms with Gasteiger partial charge in [0.1, 0.15) is 5.82 Å². The predicted octanol–water partition coefficient (Wildman–Crippen LogP) is 3.42. The van der Waals surface area contributed by atoms with Crippen LogP contribution in [-0.4, -0.2) is 29.1 Å². The fraction of sp³-hybridized carbons (Fsp3) is 0.500. The smallest absolute Gasteiger partial charge is 0.141 e. The highest BCUT2D eigenvalue weighted by Gasteiger charge is 2.12. The highest BCUT2D eigenvalue weighted by atomic mass is 35.5. The van der Waals surface area contributed by atoms with Crippen LogP contribution in [0.15, 0.2) is 18.2 Å². The van der Waals surface area contributed by atoms with Gasteiger partial charge in [-0.25, -0.2) is 4.39 Å². The van der Waals surface area contributed by atoms with E-state index in [1.165, 1.54) is 17.6 Å². The van der Waals surface area contributed by atoms with Crippen molar-refractivity contribution < 1.29 is 4.39 Å². The predicted molar refractivity (Wildman–Crippen MR) is 76.7 cm³/mol. The Kier molecular flexibility index (Phi) is 5.48. The van der Waals surface area contributed by atoms with Crippen molar-refractivity contribution >= 4 is 35.1 Å². The zero-order valence-corrected chi connectivity index (χ0v) is 11.8. The molecular formula is C12H15ClFNS2. The summed E-state index contributed by atoms with van der Waals surface area (Å²) in [6.45, 7) is 0.756. The van der Waals surface area contributed by atoms with E-state index in [1.54, 1.807) is 12.1 Å². The van der Waals surface area contributed by atoms with E-state index in [-0.39, 0.29) is 10.8 Å². The first-order valence-corrected chi connectivity index (χ1v) is 8.27. The van der Waals surface area contributed by atoms with Gasteiger partial charge in [0.2, 0.25) is 0 Å². The van der Waals surface area contributed by atoms with Crippen LogP contribution in [0.5, 0.6) is 0 Å². The van der Waals surface area contributed by atoms with Crippen molar-refractivity contribution in [2.75, 3.05) is 23.0 Å². The highest BCUT2D eigenvalue weighted by Crippen LogP contribution is 2.18. The lowest BCUT2D eigenvalue weighted by atomic mass is 10.2. The number of thioether (sulfide) groups is 2. The highest BCUT2D eigenvalue weighted by molar-refractivity contribution is 8.03. The van der Waals surface area contributed by atoms with Gasteiger partial charge in [-0.15, -0.1) is 0 Å². The minimum Gasteiger partial charge on any atom is -0.308 e. The molecule has 1 nitrogen and oxygen atoms in total. The van der Waals surface area contributed by atoms with Crippen molar-refractivity contribution in [3.63, 3.8) is 0 Å². The standard InChI is InChI=1S/C12H15ClFNS2/c13-11-5-9(1-2-12(11)14)6-15-10-7-16-3-4-17-8-10/h1-2,5,10,15H,3-4,6-8H2. The molecule has 1 heterocycles. The Labute approximate surface area is 115 Å². The van der Waals surface area contributed by atoms with Gasteiger partial charge >= 0.3 is 0 Å². The fourth-order valence-electron chi connectivity index (χ4n) is 1.65. The molecule has 0 unspecified atom stereocenters. The second-order valence-corrected chi connectivity index (χ2v) is 6.68. The summed E-state index contributed by atoms with van der Waals surface area (Å²) in [5, 5.41) is 3.70. The molecule has 1 aromatic carbocycles. The third-order valence-corrected chi connectivity index (χ3v) is 5.40. The molecule has 0 bridgehead atoms. The van der Waals surface area contributed by atoms with Gasteiger partial charge < -0.3 is 5.32 Å². The lowest BCUT2D eigenvalue weighted by Gasteiger charge is -2.15. The molecule has 17 heavy (non-hydrogen) atoms. The molecule has 1 aliphatic rings. The number of nitrogens with one attached hydrogen (secondary N) is 1. The van der Waals surface area contributed by atoms with Gasteiger partial charge in [0, 0.05) is 35.6 Å². The van der Waals surface area contributed by atoms with Crippen LogP contribution in [0, 0.1) is 5.82 Å². The molecule has 2 rings (SSSR count). The topological polar surface area (TPSA) is 12.0 Å². The summed E-state index contributed by atoms with van der Waals surface area (Å²) in [7, 11) is 0. The van der Waals surface area contributed by atoms with Gasteiger partial charge in [0.15, 0.2) is 0 Å². The number of rotatable bonds is 3. The van der Waals surface area contributed by atoms with E-state index >= 15 is 0 Å². The lowest BCUT2D eigenvalue weighted by molar-refractivity contribution is 0.599. The van der Waals surface area contributed by atoms with E-state index in [1.807, 2.05) is 23.5 Å². The Morgan fingerprint density at radius 2 is 2.00 bits per heavy atom. The maximum atomic E-state index is 13.0. The molecule has 5 heteroatoms. The molecule has 0 aliphatic carbocycles. The van der Waals surface area contributed by atoms with Crippen molar-refractivity contribution in [1.82, 2.24) is 5.32 Å². The van der Waals surface area contributed by atoms with Gasteiger partial charge in [0.05, 0.1) is 5.02 Å². The lowest BCUT2D eigenvalue weighted by Crippen LogP contribution is -2.32. The quantitative estimate of drug-likeness (QED) is 0.916. The van der Waals surface area contributed by atoms with Crippen LogP contribution < -0.4 is 5.32 Å². The van der Waals surface area contributed by atoms with Crippen molar-refractivity contribution in [2.45, 2.75) is 12.6 Å². The first-order valence-electron chi connectivity index (χ1n) is 5.58. The van der Waals surface area contributed by atoms with Crippen molar-refractivity contribution in [3.05, 3.63) is 34.6 Å². The summed E-state index contributed by atoms with van der Waals surface area (Å²) >= 11 is 9.74. The number of halogens is 2. The van der Waals surface area contributed by atoms with Gasteiger partial charge in [0.25, 0.3) is 0 Å². The number of hydrogen-bond donors (Lipinski definition) is 1. The first kappa shape index (κ1) is 13.5.